The predicted molar refractivity (Wildman–Crippen MR) is 92.6 cm³/mol. The van der Waals surface area contributed by atoms with Crippen LogP contribution in [0, 0.1) is 0 Å². The van der Waals surface area contributed by atoms with E-state index in [2.05, 4.69) is 15.5 Å². The lowest BCUT2D eigenvalue weighted by Crippen LogP contribution is -2.55. The van der Waals surface area contributed by atoms with E-state index in [9.17, 15) is 9.59 Å². The first-order valence-corrected chi connectivity index (χ1v) is 8.12. The van der Waals surface area contributed by atoms with Crippen molar-refractivity contribution in [2.45, 2.75) is 6.42 Å². The van der Waals surface area contributed by atoms with Gasteiger partial charge in [0.25, 0.3) is 0 Å². The lowest BCUT2D eigenvalue weighted by atomic mass is 10.2. The van der Waals surface area contributed by atoms with E-state index >= 15 is 0 Å². The summed E-state index contributed by atoms with van der Waals surface area (Å²) in [5.41, 5.74) is 1.81. The SMILES string of the molecule is COc1cccc(N2CCN(C(=O)NCCc3cn[nH]c3)CC2=O)c1. The van der Waals surface area contributed by atoms with E-state index in [0.29, 0.717) is 31.8 Å². The van der Waals surface area contributed by atoms with Crippen LogP contribution in [0.3, 0.4) is 0 Å². The summed E-state index contributed by atoms with van der Waals surface area (Å²) >= 11 is 0. The zero-order chi connectivity index (χ0) is 17.6. The number of piperazine rings is 1. The standard InChI is InChI=1S/C17H21N5O3/c1-25-15-4-2-3-14(9-15)22-8-7-21(12-16(22)23)17(24)18-6-5-13-10-19-20-11-13/h2-4,9-11H,5-8,12H2,1H3,(H,18,24)(H,19,20). The maximum atomic E-state index is 12.4. The van der Waals surface area contributed by atoms with E-state index < -0.39 is 0 Å². The molecule has 8 heteroatoms. The van der Waals surface area contributed by atoms with Crippen molar-refractivity contribution in [2.24, 2.45) is 0 Å². The molecule has 1 aliphatic heterocycles. The Morgan fingerprint density at radius 1 is 1.40 bits per heavy atom. The Kier molecular flexibility index (Phi) is 5.17. The lowest BCUT2D eigenvalue weighted by molar-refractivity contribution is -0.120. The third kappa shape index (κ3) is 4.09. The highest BCUT2D eigenvalue weighted by Gasteiger charge is 2.28. The number of benzene rings is 1. The minimum atomic E-state index is -0.220. The van der Waals surface area contributed by atoms with Gasteiger partial charge in [-0.15, -0.1) is 0 Å². The Hall–Kier alpha value is -3.03. The van der Waals surface area contributed by atoms with Crippen LogP contribution < -0.4 is 15.0 Å². The van der Waals surface area contributed by atoms with Crippen LogP contribution in [0.1, 0.15) is 5.56 Å². The largest absolute Gasteiger partial charge is 0.497 e. The van der Waals surface area contributed by atoms with Gasteiger partial charge in [0, 0.05) is 37.6 Å². The van der Waals surface area contributed by atoms with E-state index in [-0.39, 0.29) is 18.5 Å². The van der Waals surface area contributed by atoms with E-state index in [1.54, 1.807) is 24.4 Å². The maximum Gasteiger partial charge on any atom is 0.317 e. The number of methoxy groups -OCH3 is 1. The molecule has 25 heavy (non-hydrogen) atoms. The highest BCUT2D eigenvalue weighted by molar-refractivity contribution is 5.97. The summed E-state index contributed by atoms with van der Waals surface area (Å²) < 4.78 is 5.20. The normalized spacial score (nSPS) is 14.5. The summed E-state index contributed by atoms with van der Waals surface area (Å²) in [5, 5.41) is 9.43. The van der Waals surface area contributed by atoms with Crippen molar-refractivity contribution < 1.29 is 14.3 Å². The van der Waals surface area contributed by atoms with Gasteiger partial charge in [-0.05, 0) is 24.1 Å². The van der Waals surface area contributed by atoms with Crippen molar-refractivity contribution in [3.63, 3.8) is 0 Å². The second-order valence-electron chi connectivity index (χ2n) is 5.76. The first-order valence-electron chi connectivity index (χ1n) is 8.12. The van der Waals surface area contributed by atoms with E-state index in [4.69, 9.17) is 4.74 Å². The number of hydrogen-bond donors (Lipinski definition) is 2. The molecule has 2 heterocycles. The Labute approximate surface area is 145 Å². The predicted octanol–water partition coefficient (Wildman–Crippen LogP) is 1.02. The van der Waals surface area contributed by atoms with Crippen molar-refractivity contribution in [1.29, 1.82) is 0 Å². The van der Waals surface area contributed by atoms with Crippen LogP contribution in [0.4, 0.5) is 10.5 Å². The summed E-state index contributed by atoms with van der Waals surface area (Å²) in [6.45, 7) is 1.51. The minimum absolute atomic E-state index is 0.0642. The van der Waals surface area contributed by atoms with Gasteiger partial charge in [0.2, 0.25) is 5.91 Å². The number of aromatic nitrogens is 2. The summed E-state index contributed by atoms with van der Waals surface area (Å²) in [6, 6.07) is 7.13. The third-order valence-electron chi connectivity index (χ3n) is 4.12. The highest BCUT2D eigenvalue weighted by atomic mass is 16.5. The van der Waals surface area contributed by atoms with Gasteiger partial charge in [-0.2, -0.15) is 5.10 Å². The van der Waals surface area contributed by atoms with Crippen molar-refractivity contribution in [2.75, 3.05) is 38.2 Å². The average Bonchev–Trinajstić information content (AvgIpc) is 3.15. The van der Waals surface area contributed by atoms with Gasteiger partial charge in [0.15, 0.2) is 0 Å². The number of urea groups is 1. The zero-order valence-corrected chi connectivity index (χ0v) is 14.1. The first kappa shape index (κ1) is 16.8. The molecule has 0 bridgehead atoms. The molecule has 1 aromatic heterocycles. The fourth-order valence-electron chi connectivity index (χ4n) is 2.74. The summed E-state index contributed by atoms with van der Waals surface area (Å²) in [7, 11) is 1.59. The molecule has 0 saturated carbocycles. The number of carbonyl (C=O) groups is 2. The summed E-state index contributed by atoms with van der Waals surface area (Å²) in [5.74, 6) is 0.592. The first-order chi connectivity index (χ1) is 12.2. The molecule has 0 spiro atoms. The maximum absolute atomic E-state index is 12.4. The van der Waals surface area contributed by atoms with Crippen molar-refractivity contribution in [1.82, 2.24) is 20.4 Å². The molecule has 2 N–H and O–H groups in total. The van der Waals surface area contributed by atoms with Crippen molar-refractivity contribution >= 4 is 17.6 Å². The van der Waals surface area contributed by atoms with Crippen LogP contribution in [-0.2, 0) is 11.2 Å². The number of amides is 3. The second-order valence-corrected chi connectivity index (χ2v) is 5.76. The van der Waals surface area contributed by atoms with Gasteiger partial charge in [-0.1, -0.05) is 6.07 Å². The van der Waals surface area contributed by atoms with Crippen molar-refractivity contribution in [3.8, 4) is 5.75 Å². The number of nitrogens with zero attached hydrogens (tertiary/aromatic N) is 3. The number of aromatic amines is 1. The number of rotatable bonds is 5. The topological polar surface area (TPSA) is 90.6 Å². The molecule has 0 atom stereocenters. The van der Waals surface area contributed by atoms with Crippen LogP contribution in [-0.4, -0.2) is 60.3 Å². The van der Waals surface area contributed by atoms with Gasteiger partial charge in [0.1, 0.15) is 12.3 Å². The molecule has 2 aromatic rings. The molecule has 3 rings (SSSR count). The van der Waals surface area contributed by atoms with Crippen LogP contribution in [0.2, 0.25) is 0 Å². The molecule has 3 amide bonds. The smallest absolute Gasteiger partial charge is 0.317 e. The average molecular weight is 343 g/mol. The van der Waals surface area contributed by atoms with E-state index in [1.807, 2.05) is 24.3 Å². The molecule has 0 aliphatic carbocycles. The molecule has 1 aliphatic rings. The Bertz CT molecular complexity index is 732. The molecule has 1 saturated heterocycles. The molecule has 1 aromatic carbocycles. The van der Waals surface area contributed by atoms with Gasteiger partial charge < -0.3 is 19.9 Å². The molecule has 0 radical (unpaired) electrons. The van der Waals surface area contributed by atoms with E-state index in [1.165, 1.54) is 4.90 Å². The monoisotopic (exact) mass is 343 g/mol. The summed E-state index contributed by atoms with van der Waals surface area (Å²) in [4.78, 5) is 27.9. The van der Waals surface area contributed by atoms with Gasteiger partial charge >= 0.3 is 6.03 Å². The third-order valence-corrected chi connectivity index (χ3v) is 4.12. The quantitative estimate of drug-likeness (QED) is 0.848. The number of nitrogens with one attached hydrogen (secondary N) is 2. The molecule has 8 nitrogen and oxygen atoms in total. The number of ether oxygens (including phenoxy) is 1. The molecule has 1 fully saturated rings. The fraction of sp³-hybridized carbons (Fsp3) is 0.353. The molecular formula is C17H21N5O3. The zero-order valence-electron chi connectivity index (χ0n) is 14.1. The number of anilines is 1. The molecular weight excluding hydrogens is 322 g/mol. The number of H-pyrrole nitrogens is 1. The summed E-state index contributed by atoms with van der Waals surface area (Å²) in [6.07, 6.45) is 4.21. The number of hydrogen-bond acceptors (Lipinski definition) is 4. The lowest BCUT2D eigenvalue weighted by Gasteiger charge is -2.34. The molecule has 0 unspecified atom stereocenters. The minimum Gasteiger partial charge on any atom is -0.497 e. The van der Waals surface area contributed by atoms with Crippen LogP contribution in [0.25, 0.3) is 0 Å². The molecule has 132 valence electrons. The Morgan fingerprint density at radius 3 is 3.00 bits per heavy atom. The second kappa shape index (κ2) is 7.69. The van der Waals surface area contributed by atoms with Crippen LogP contribution >= 0.6 is 0 Å². The van der Waals surface area contributed by atoms with Gasteiger partial charge in [-0.25, -0.2) is 4.79 Å². The number of carbonyl (C=O) groups excluding carboxylic acids is 2. The Morgan fingerprint density at radius 2 is 2.28 bits per heavy atom. The highest BCUT2D eigenvalue weighted by Crippen LogP contribution is 2.22. The van der Waals surface area contributed by atoms with E-state index in [0.717, 1.165) is 11.3 Å². The van der Waals surface area contributed by atoms with Gasteiger partial charge in [-0.3, -0.25) is 9.89 Å². The fourth-order valence-corrected chi connectivity index (χ4v) is 2.74. The Balaban J connectivity index is 1.52. The van der Waals surface area contributed by atoms with Crippen LogP contribution in [0.5, 0.6) is 5.75 Å². The van der Waals surface area contributed by atoms with Gasteiger partial charge in [0.05, 0.1) is 13.3 Å². The van der Waals surface area contributed by atoms with Crippen molar-refractivity contribution in [3.05, 3.63) is 42.2 Å². The van der Waals surface area contributed by atoms with Crippen LogP contribution in [0.15, 0.2) is 36.7 Å².